The monoisotopic (exact) mass is 191 g/mol. The molecule has 1 fully saturated rings. The molecule has 2 nitrogen and oxygen atoms in total. The average molecular weight is 191 g/mol. The fraction of sp³-hybridized carbons (Fsp3) is 0.583. The van der Waals surface area contributed by atoms with Gasteiger partial charge in [-0.1, -0.05) is 18.9 Å². The third-order valence-corrected chi connectivity index (χ3v) is 2.71. The molecule has 2 rings (SSSR count). The molecule has 2 heteroatoms. The van der Waals surface area contributed by atoms with Gasteiger partial charge in [-0.2, -0.15) is 0 Å². The maximum absolute atomic E-state index is 10.1. The van der Waals surface area contributed by atoms with Crippen molar-refractivity contribution in [1.29, 1.82) is 0 Å². The zero-order chi connectivity index (χ0) is 10.0. The highest BCUT2D eigenvalue weighted by molar-refractivity contribution is 5.07. The van der Waals surface area contributed by atoms with E-state index >= 15 is 0 Å². The van der Waals surface area contributed by atoms with Crippen LogP contribution in [0.3, 0.4) is 0 Å². The quantitative estimate of drug-likeness (QED) is 0.791. The molecule has 76 valence electrons. The normalized spacial score (nSPS) is 20.4. The minimum absolute atomic E-state index is 0.574. The van der Waals surface area contributed by atoms with E-state index in [1.165, 1.54) is 12.8 Å². The molecule has 0 bridgehead atoms. The van der Waals surface area contributed by atoms with Crippen LogP contribution in [0.1, 0.15) is 31.9 Å². The summed E-state index contributed by atoms with van der Waals surface area (Å²) in [6.45, 7) is 1.92. The largest absolute Gasteiger partial charge is 0.390 e. The lowest BCUT2D eigenvalue weighted by molar-refractivity contribution is 0.0446. The first-order chi connectivity index (χ1) is 6.66. The Hall–Kier alpha value is -0.890. The minimum atomic E-state index is -0.574. The maximum atomic E-state index is 10.1. The van der Waals surface area contributed by atoms with Crippen molar-refractivity contribution in [3.05, 3.63) is 30.1 Å². The lowest BCUT2D eigenvalue weighted by atomic mass is 9.93. The Balaban J connectivity index is 1.94. The van der Waals surface area contributed by atoms with E-state index in [1.54, 1.807) is 6.20 Å². The molecule has 1 aromatic heterocycles. The van der Waals surface area contributed by atoms with Crippen LogP contribution in [0.4, 0.5) is 0 Å². The Morgan fingerprint density at radius 2 is 2.29 bits per heavy atom. The van der Waals surface area contributed by atoms with Crippen LogP contribution < -0.4 is 0 Å². The van der Waals surface area contributed by atoms with Gasteiger partial charge in [-0.05, 0) is 31.4 Å². The first-order valence-electron chi connectivity index (χ1n) is 5.28. The Kier molecular flexibility index (Phi) is 2.55. The smallest absolute Gasteiger partial charge is 0.0677 e. The summed E-state index contributed by atoms with van der Waals surface area (Å²) in [7, 11) is 0. The summed E-state index contributed by atoms with van der Waals surface area (Å²) in [5.74, 6) is 0.758. The van der Waals surface area contributed by atoms with E-state index in [-0.39, 0.29) is 0 Å². The summed E-state index contributed by atoms with van der Waals surface area (Å²) in [5.41, 5.74) is 0.411. The van der Waals surface area contributed by atoms with Gasteiger partial charge in [0.1, 0.15) is 0 Å². The molecule has 0 amide bonds. The summed E-state index contributed by atoms with van der Waals surface area (Å²) in [5, 5.41) is 10.1. The lowest BCUT2D eigenvalue weighted by Gasteiger charge is -2.22. The number of hydrogen-bond acceptors (Lipinski definition) is 2. The van der Waals surface area contributed by atoms with Crippen molar-refractivity contribution in [1.82, 2.24) is 4.98 Å². The highest BCUT2D eigenvalue weighted by atomic mass is 16.3. The molecule has 1 atom stereocenters. The van der Waals surface area contributed by atoms with Crippen LogP contribution in [0.2, 0.25) is 0 Å². The molecule has 1 aliphatic rings. The van der Waals surface area contributed by atoms with E-state index in [0.29, 0.717) is 6.42 Å². The Morgan fingerprint density at radius 3 is 2.86 bits per heavy atom. The Labute approximate surface area is 85.0 Å². The van der Waals surface area contributed by atoms with Crippen molar-refractivity contribution in [2.75, 3.05) is 0 Å². The summed E-state index contributed by atoms with van der Waals surface area (Å²) >= 11 is 0. The van der Waals surface area contributed by atoms with Gasteiger partial charge in [0.15, 0.2) is 0 Å². The number of nitrogens with zero attached hydrogens (tertiary/aromatic N) is 1. The fourth-order valence-electron chi connectivity index (χ4n) is 1.91. The van der Waals surface area contributed by atoms with Crippen molar-refractivity contribution in [3.8, 4) is 0 Å². The first kappa shape index (κ1) is 9.66. The molecule has 14 heavy (non-hydrogen) atoms. The Morgan fingerprint density at radius 1 is 1.50 bits per heavy atom. The van der Waals surface area contributed by atoms with Crippen LogP contribution >= 0.6 is 0 Å². The van der Waals surface area contributed by atoms with Crippen LogP contribution in [-0.4, -0.2) is 15.7 Å². The van der Waals surface area contributed by atoms with Gasteiger partial charge in [0.05, 0.1) is 5.60 Å². The molecule has 0 radical (unpaired) electrons. The number of hydrogen-bond donors (Lipinski definition) is 1. The minimum Gasteiger partial charge on any atom is -0.390 e. The second-order valence-electron chi connectivity index (χ2n) is 4.64. The van der Waals surface area contributed by atoms with Crippen LogP contribution in [0.15, 0.2) is 24.4 Å². The second kappa shape index (κ2) is 3.70. The summed E-state index contributed by atoms with van der Waals surface area (Å²) in [6, 6.07) is 5.84. The molecular formula is C12H17NO. The van der Waals surface area contributed by atoms with Crippen molar-refractivity contribution < 1.29 is 5.11 Å². The van der Waals surface area contributed by atoms with Gasteiger partial charge in [0.25, 0.3) is 0 Å². The predicted molar refractivity (Wildman–Crippen MR) is 55.9 cm³/mol. The number of aromatic nitrogens is 1. The predicted octanol–water partition coefficient (Wildman–Crippen LogP) is 2.18. The maximum Gasteiger partial charge on any atom is 0.0677 e. The van der Waals surface area contributed by atoms with Crippen molar-refractivity contribution in [2.45, 2.75) is 38.2 Å². The SMILES string of the molecule is CC(O)(Cc1ccccn1)CC1CC1. The van der Waals surface area contributed by atoms with Gasteiger partial charge in [0, 0.05) is 18.3 Å². The van der Waals surface area contributed by atoms with Crippen LogP contribution in [0.5, 0.6) is 0 Å². The molecule has 1 heterocycles. The fourth-order valence-corrected chi connectivity index (χ4v) is 1.91. The number of aliphatic hydroxyl groups is 1. The molecule has 1 aromatic rings. The van der Waals surface area contributed by atoms with E-state index < -0.39 is 5.60 Å². The molecule has 1 N–H and O–H groups in total. The van der Waals surface area contributed by atoms with Crippen molar-refractivity contribution in [3.63, 3.8) is 0 Å². The molecule has 1 saturated carbocycles. The zero-order valence-corrected chi connectivity index (χ0v) is 8.61. The topological polar surface area (TPSA) is 33.1 Å². The second-order valence-corrected chi connectivity index (χ2v) is 4.64. The Bertz CT molecular complexity index is 290. The van der Waals surface area contributed by atoms with Gasteiger partial charge in [-0.25, -0.2) is 0 Å². The lowest BCUT2D eigenvalue weighted by Crippen LogP contribution is -2.28. The highest BCUT2D eigenvalue weighted by Gasteiger charge is 2.31. The highest BCUT2D eigenvalue weighted by Crippen LogP contribution is 2.37. The van der Waals surface area contributed by atoms with E-state index in [2.05, 4.69) is 4.98 Å². The summed E-state index contributed by atoms with van der Waals surface area (Å²) in [6.07, 6.45) is 5.95. The van der Waals surface area contributed by atoms with Crippen LogP contribution in [0.25, 0.3) is 0 Å². The molecule has 0 aromatic carbocycles. The molecule has 1 aliphatic carbocycles. The standard InChI is InChI=1S/C12H17NO/c1-12(14,8-10-5-6-10)9-11-4-2-3-7-13-11/h2-4,7,10,14H,5-6,8-9H2,1H3. The molecule has 0 spiro atoms. The van der Waals surface area contributed by atoms with Crippen LogP contribution in [-0.2, 0) is 6.42 Å². The van der Waals surface area contributed by atoms with Gasteiger partial charge >= 0.3 is 0 Å². The molecule has 0 saturated heterocycles. The van der Waals surface area contributed by atoms with Crippen molar-refractivity contribution in [2.24, 2.45) is 5.92 Å². The van der Waals surface area contributed by atoms with E-state index in [9.17, 15) is 5.11 Å². The van der Waals surface area contributed by atoms with E-state index in [1.807, 2.05) is 25.1 Å². The molecular weight excluding hydrogens is 174 g/mol. The van der Waals surface area contributed by atoms with E-state index in [4.69, 9.17) is 0 Å². The summed E-state index contributed by atoms with van der Waals surface area (Å²) in [4.78, 5) is 4.23. The van der Waals surface area contributed by atoms with Crippen LogP contribution in [0, 0.1) is 5.92 Å². The molecule has 1 unspecified atom stereocenters. The third kappa shape index (κ3) is 2.81. The first-order valence-corrected chi connectivity index (χ1v) is 5.28. The van der Waals surface area contributed by atoms with E-state index in [0.717, 1.165) is 18.0 Å². The number of pyridine rings is 1. The average Bonchev–Trinajstić information content (AvgIpc) is 2.88. The van der Waals surface area contributed by atoms with Gasteiger partial charge < -0.3 is 5.11 Å². The third-order valence-electron chi connectivity index (χ3n) is 2.71. The van der Waals surface area contributed by atoms with Crippen molar-refractivity contribution >= 4 is 0 Å². The van der Waals surface area contributed by atoms with Gasteiger partial charge in [-0.15, -0.1) is 0 Å². The van der Waals surface area contributed by atoms with Gasteiger partial charge in [-0.3, -0.25) is 4.98 Å². The number of rotatable bonds is 4. The molecule has 0 aliphatic heterocycles. The summed E-state index contributed by atoms with van der Waals surface area (Å²) < 4.78 is 0. The van der Waals surface area contributed by atoms with Gasteiger partial charge in [0.2, 0.25) is 0 Å². The zero-order valence-electron chi connectivity index (χ0n) is 8.61.